The average Bonchev–Trinajstić information content (AvgIpc) is 2.51. The number of benzene rings is 2. The lowest BCUT2D eigenvalue weighted by Gasteiger charge is -2.30. The van der Waals surface area contributed by atoms with Crippen molar-refractivity contribution in [3.05, 3.63) is 51.5 Å². The van der Waals surface area contributed by atoms with Crippen molar-refractivity contribution in [2.45, 2.75) is 22.1 Å². The minimum atomic E-state index is -5.10. The summed E-state index contributed by atoms with van der Waals surface area (Å²) in [6.45, 7) is 0. The van der Waals surface area contributed by atoms with Gasteiger partial charge in [-0.05, 0) is 24.3 Å². The van der Waals surface area contributed by atoms with Crippen molar-refractivity contribution in [1.29, 1.82) is 0 Å². The third kappa shape index (κ3) is 3.93. The molecule has 0 spiro atoms. The van der Waals surface area contributed by atoms with E-state index in [9.17, 15) is 30.0 Å². The molecule has 0 fully saturated rings. The maximum Gasteiger partial charge on any atom is 0.417 e. The van der Waals surface area contributed by atoms with Crippen LogP contribution >= 0.6 is 23.2 Å². The van der Waals surface area contributed by atoms with Crippen LogP contribution in [0.5, 0.6) is 0 Å². The summed E-state index contributed by atoms with van der Waals surface area (Å²) in [7, 11) is -9.26. The molecule has 0 saturated heterocycles. The van der Waals surface area contributed by atoms with Crippen molar-refractivity contribution in [2.75, 3.05) is 5.32 Å². The minimum Gasteiger partial charge on any atom is -0.364 e. The summed E-state index contributed by atoms with van der Waals surface area (Å²) in [6.07, 6.45) is -6.32. The number of halogens is 5. The van der Waals surface area contributed by atoms with Crippen LogP contribution < -0.4 is 15.2 Å². The highest BCUT2D eigenvalue weighted by Gasteiger charge is 2.41. The second-order valence-electron chi connectivity index (χ2n) is 5.75. The van der Waals surface area contributed by atoms with Crippen LogP contribution in [-0.2, 0) is 26.2 Å². The molecule has 0 bridgehead atoms. The van der Waals surface area contributed by atoms with Crippen molar-refractivity contribution in [1.82, 2.24) is 4.72 Å². The summed E-state index contributed by atoms with van der Waals surface area (Å²) >= 11 is 11.8. The summed E-state index contributed by atoms with van der Waals surface area (Å²) < 4.78 is 90.4. The molecule has 3 rings (SSSR count). The van der Waals surface area contributed by atoms with E-state index in [2.05, 4.69) is 10.0 Å². The fourth-order valence-corrected chi connectivity index (χ4v) is 5.29. The lowest BCUT2D eigenvalue weighted by atomic mass is 10.1. The molecule has 2 aromatic rings. The minimum absolute atomic E-state index is 0.0633. The van der Waals surface area contributed by atoms with Crippen LogP contribution in [0.1, 0.15) is 17.3 Å². The van der Waals surface area contributed by atoms with Gasteiger partial charge in [-0.25, -0.2) is 22.0 Å². The van der Waals surface area contributed by atoms with E-state index >= 15 is 0 Å². The largest absolute Gasteiger partial charge is 0.417 e. The second kappa shape index (κ2) is 6.75. The lowest BCUT2D eigenvalue weighted by molar-refractivity contribution is -0.139. The molecule has 1 atom stereocenters. The predicted octanol–water partition coefficient (Wildman–Crippen LogP) is 3.06. The van der Waals surface area contributed by atoms with E-state index in [1.807, 2.05) is 0 Å². The first kappa shape index (κ1) is 21.1. The van der Waals surface area contributed by atoms with Crippen molar-refractivity contribution in [2.24, 2.45) is 5.14 Å². The molecular weight excluding hydrogens is 466 g/mol. The molecule has 0 unspecified atom stereocenters. The Balaban J connectivity index is 2.23. The van der Waals surface area contributed by atoms with Crippen LogP contribution in [0.3, 0.4) is 0 Å². The van der Waals surface area contributed by atoms with Crippen LogP contribution in [0.2, 0.25) is 10.0 Å². The summed E-state index contributed by atoms with van der Waals surface area (Å²) in [5.41, 5.74) is -1.86. The number of nitrogens with one attached hydrogen (secondary N) is 2. The highest BCUT2D eigenvalue weighted by atomic mass is 35.5. The molecule has 0 radical (unpaired) electrons. The Hall–Kier alpha value is -1.57. The Bertz CT molecular complexity index is 1190. The monoisotopic (exact) mass is 475 g/mol. The number of fused-ring (bicyclic) bond motifs is 1. The molecule has 0 saturated carbocycles. The zero-order valence-electron chi connectivity index (χ0n) is 13.4. The number of rotatable bonds is 2. The first-order valence-electron chi connectivity index (χ1n) is 7.22. The first-order valence-corrected chi connectivity index (χ1v) is 11.0. The normalized spacial score (nSPS) is 19.0. The van der Waals surface area contributed by atoms with Crippen molar-refractivity contribution < 1.29 is 30.0 Å². The number of hydrogen-bond acceptors (Lipinski definition) is 5. The van der Waals surface area contributed by atoms with Gasteiger partial charge in [0.2, 0.25) is 20.0 Å². The molecule has 28 heavy (non-hydrogen) atoms. The van der Waals surface area contributed by atoms with Gasteiger partial charge in [-0.15, -0.1) is 0 Å². The number of alkyl halides is 3. The average molecular weight is 476 g/mol. The Morgan fingerprint density at radius 1 is 1.11 bits per heavy atom. The van der Waals surface area contributed by atoms with Crippen molar-refractivity contribution >= 4 is 48.9 Å². The highest BCUT2D eigenvalue weighted by Crippen LogP contribution is 2.41. The van der Waals surface area contributed by atoms with Gasteiger partial charge in [0.1, 0.15) is 11.1 Å². The van der Waals surface area contributed by atoms with Crippen LogP contribution in [-0.4, -0.2) is 16.8 Å². The highest BCUT2D eigenvalue weighted by molar-refractivity contribution is 7.90. The summed E-state index contributed by atoms with van der Waals surface area (Å²) in [4.78, 5) is -2.06. The van der Waals surface area contributed by atoms with E-state index in [1.54, 1.807) is 0 Å². The van der Waals surface area contributed by atoms with E-state index in [4.69, 9.17) is 28.3 Å². The zero-order chi connectivity index (χ0) is 21.1. The molecule has 0 aliphatic carbocycles. The van der Waals surface area contributed by atoms with Gasteiger partial charge in [0, 0.05) is 15.6 Å². The second-order valence-corrected chi connectivity index (χ2v) is 9.81. The number of anilines is 1. The third-order valence-corrected chi connectivity index (χ3v) is 6.81. The van der Waals surface area contributed by atoms with Crippen LogP contribution in [0, 0.1) is 0 Å². The molecule has 1 heterocycles. The Kier molecular flexibility index (Phi) is 5.10. The van der Waals surface area contributed by atoms with E-state index in [-0.39, 0.29) is 15.6 Å². The zero-order valence-corrected chi connectivity index (χ0v) is 16.5. The fraction of sp³-hybridized carbons (Fsp3) is 0.143. The van der Waals surface area contributed by atoms with Crippen molar-refractivity contribution in [3.63, 3.8) is 0 Å². The Morgan fingerprint density at radius 3 is 2.29 bits per heavy atom. The van der Waals surface area contributed by atoms with Crippen LogP contribution in [0.4, 0.5) is 18.9 Å². The van der Waals surface area contributed by atoms with Crippen LogP contribution in [0.15, 0.2) is 40.1 Å². The van der Waals surface area contributed by atoms with Crippen LogP contribution in [0.25, 0.3) is 0 Å². The van der Waals surface area contributed by atoms with E-state index < -0.39 is 53.4 Å². The molecule has 0 aromatic heterocycles. The fourth-order valence-electron chi connectivity index (χ4n) is 2.63. The van der Waals surface area contributed by atoms with Gasteiger partial charge in [0.15, 0.2) is 0 Å². The molecule has 7 nitrogen and oxygen atoms in total. The standard InChI is InChI=1S/C14H10Cl2F3N3O4S2/c15-6-1-2-7(9(16)3-6)13-21-10-4-8(14(17,18)19)11(27(20,23)24)5-12(10)28(25,26)22-13/h1-5,13,21-22H,(H2,20,23,24)/t13-/m0/s1. The topological polar surface area (TPSA) is 118 Å². The molecule has 1 aliphatic heterocycles. The SMILES string of the molecule is NS(=O)(=O)c1cc2c(cc1C(F)(F)F)N[C@H](c1ccc(Cl)cc1Cl)NS2(=O)=O. The molecule has 1 aliphatic rings. The summed E-state index contributed by atoms with van der Waals surface area (Å²) in [5.74, 6) is 0. The van der Waals surface area contributed by atoms with Gasteiger partial charge in [0.05, 0.1) is 16.1 Å². The first-order chi connectivity index (χ1) is 12.7. The Morgan fingerprint density at radius 2 is 1.75 bits per heavy atom. The maximum absolute atomic E-state index is 13.3. The van der Waals surface area contributed by atoms with Gasteiger partial charge in [-0.1, -0.05) is 29.3 Å². The van der Waals surface area contributed by atoms with Gasteiger partial charge in [-0.2, -0.15) is 17.9 Å². The maximum atomic E-state index is 13.3. The quantitative estimate of drug-likeness (QED) is 0.616. The molecule has 14 heteroatoms. The molecular formula is C14H10Cl2F3N3O4S2. The number of primary sulfonamides is 1. The van der Waals surface area contributed by atoms with E-state index in [0.29, 0.717) is 12.1 Å². The molecule has 0 amide bonds. The molecule has 152 valence electrons. The van der Waals surface area contributed by atoms with Gasteiger partial charge < -0.3 is 5.32 Å². The van der Waals surface area contributed by atoms with Crippen molar-refractivity contribution in [3.8, 4) is 0 Å². The molecule has 2 aromatic carbocycles. The van der Waals surface area contributed by atoms with Gasteiger partial charge in [0.25, 0.3) is 0 Å². The Labute approximate surface area is 167 Å². The van der Waals surface area contributed by atoms with Gasteiger partial charge >= 0.3 is 6.18 Å². The molecule has 4 N–H and O–H groups in total. The smallest absolute Gasteiger partial charge is 0.364 e. The number of nitrogens with two attached hydrogens (primary N) is 1. The summed E-state index contributed by atoms with van der Waals surface area (Å²) in [6, 6.07) is 4.88. The van der Waals surface area contributed by atoms with Gasteiger partial charge in [-0.3, -0.25) is 0 Å². The van der Waals surface area contributed by atoms with E-state index in [1.165, 1.54) is 18.2 Å². The number of sulfonamides is 2. The van der Waals surface area contributed by atoms with E-state index in [0.717, 1.165) is 0 Å². The summed E-state index contributed by atoms with van der Waals surface area (Å²) in [5, 5.41) is 7.73. The lowest BCUT2D eigenvalue weighted by Crippen LogP contribution is -2.39. The predicted molar refractivity (Wildman–Crippen MR) is 96.0 cm³/mol. The number of hydrogen-bond donors (Lipinski definition) is 3. The third-order valence-electron chi connectivity index (χ3n) is 3.83.